The molecular formula is C18H12ClO2. The lowest BCUT2D eigenvalue weighted by Crippen LogP contribution is -1.84. The van der Waals surface area contributed by atoms with Gasteiger partial charge in [-0.25, -0.2) is 0 Å². The molecule has 0 saturated heterocycles. The summed E-state index contributed by atoms with van der Waals surface area (Å²) in [7, 11) is 0. The zero-order valence-corrected chi connectivity index (χ0v) is 11.8. The average molecular weight is 296 g/mol. The van der Waals surface area contributed by atoms with Crippen molar-refractivity contribution in [2.24, 2.45) is 0 Å². The van der Waals surface area contributed by atoms with E-state index in [-0.39, 0.29) is 11.5 Å². The van der Waals surface area contributed by atoms with Gasteiger partial charge in [-0.1, -0.05) is 41.9 Å². The third-order valence-electron chi connectivity index (χ3n) is 3.24. The number of hydrogen-bond acceptors (Lipinski definition) is 2. The monoisotopic (exact) mass is 295 g/mol. The lowest BCUT2D eigenvalue weighted by atomic mass is 9.97. The third-order valence-corrected chi connectivity index (χ3v) is 3.48. The predicted octanol–water partition coefficient (Wildman–Crippen LogP) is 4.89. The summed E-state index contributed by atoms with van der Waals surface area (Å²) in [5.74, 6) is 0.263. The molecule has 0 amide bonds. The minimum absolute atomic E-state index is 0.116. The maximum atomic E-state index is 10.5. The highest BCUT2D eigenvalue weighted by molar-refractivity contribution is 6.30. The Morgan fingerprint density at radius 2 is 1.62 bits per heavy atom. The summed E-state index contributed by atoms with van der Waals surface area (Å²) in [4.78, 5) is 0. The molecule has 0 atom stereocenters. The standard InChI is InChI=1S/C18H12ClO2/c19-14-6-1-4-12(10-14)16-8-3-9-17(18(16)21)13-5-2-7-15(20)11-13/h1-8,10-11,20-21H. The number of hydrogen-bond donors (Lipinski definition) is 2. The van der Waals surface area contributed by atoms with Crippen molar-refractivity contribution in [1.29, 1.82) is 0 Å². The van der Waals surface area contributed by atoms with Gasteiger partial charge in [-0.05, 0) is 47.5 Å². The van der Waals surface area contributed by atoms with Crippen LogP contribution < -0.4 is 0 Å². The molecule has 3 aromatic rings. The number of halogens is 1. The maximum Gasteiger partial charge on any atom is 0.131 e. The molecule has 103 valence electrons. The van der Waals surface area contributed by atoms with Crippen LogP contribution in [0.5, 0.6) is 11.5 Å². The number of benzene rings is 3. The van der Waals surface area contributed by atoms with E-state index in [1.165, 1.54) is 0 Å². The van der Waals surface area contributed by atoms with Crippen LogP contribution in [0.2, 0.25) is 5.02 Å². The zero-order chi connectivity index (χ0) is 14.8. The van der Waals surface area contributed by atoms with Crippen LogP contribution in [0.4, 0.5) is 0 Å². The van der Waals surface area contributed by atoms with Crippen molar-refractivity contribution < 1.29 is 10.2 Å². The Morgan fingerprint density at radius 3 is 2.38 bits per heavy atom. The van der Waals surface area contributed by atoms with Crippen LogP contribution in [0, 0.1) is 6.07 Å². The quantitative estimate of drug-likeness (QED) is 0.707. The zero-order valence-electron chi connectivity index (χ0n) is 11.0. The van der Waals surface area contributed by atoms with Crippen molar-refractivity contribution in [2.75, 3.05) is 0 Å². The Hall–Kier alpha value is -2.45. The molecule has 0 aliphatic heterocycles. The summed E-state index contributed by atoms with van der Waals surface area (Å²) in [6.07, 6.45) is 0. The SMILES string of the molecule is Oc1cccc(-c2[c]ccc(-c3cccc(Cl)c3)c2O)c1. The molecule has 2 nitrogen and oxygen atoms in total. The van der Waals surface area contributed by atoms with Crippen LogP contribution in [0.15, 0.2) is 60.7 Å². The topological polar surface area (TPSA) is 40.5 Å². The van der Waals surface area contributed by atoms with E-state index >= 15 is 0 Å². The van der Waals surface area contributed by atoms with Gasteiger partial charge >= 0.3 is 0 Å². The van der Waals surface area contributed by atoms with Gasteiger partial charge in [0.2, 0.25) is 0 Å². The van der Waals surface area contributed by atoms with E-state index in [2.05, 4.69) is 6.07 Å². The summed E-state index contributed by atoms with van der Waals surface area (Å²) in [5.41, 5.74) is 2.75. The Labute approximate surface area is 127 Å². The van der Waals surface area contributed by atoms with Gasteiger partial charge in [-0.15, -0.1) is 0 Å². The van der Waals surface area contributed by atoms with Crippen molar-refractivity contribution >= 4 is 11.6 Å². The van der Waals surface area contributed by atoms with Crippen LogP contribution in [0.3, 0.4) is 0 Å². The van der Waals surface area contributed by atoms with E-state index in [9.17, 15) is 10.2 Å². The largest absolute Gasteiger partial charge is 0.508 e. The second-order valence-corrected chi connectivity index (χ2v) is 5.11. The lowest BCUT2D eigenvalue weighted by molar-refractivity contribution is 0.474. The summed E-state index contributed by atoms with van der Waals surface area (Å²) in [5, 5.41) is 20.7. The molecular weight excluding hydrogens is 284 g/mol. The Bertz CT molecular complexity index is 733. The summed E-state index contributed by atoms with van der Waals surface area (Å²) in [6, 6.07) is 20.6. The van der Waals surface area contributed by atoms with Crippen LogP contribution in [0.25, 0.3) is 22.3 Å². The number of aromatic hydroxyl groups is 2. The van der Waals surface area contributed by atoms with Gasteiger partial charge in [0.15, 0.2) is 0 Å². The second-order valence-electron chi connectivity index (χ2n) is 4.68. The van der Waals surface area contributed by atoms with E-state index in [4.69, 9.17) is 11.6 Å². The molecule has 0 aromatic heterocycles. The molecule has 0 unspecified atom stereocenters. The van der Waals surface area contributed by atoms with Crippen molar-refractivity contribution in [1.82, 2.24) is 0 Å². The highest BCUT2D eigenvalue weighted by Gasteiger charge is 2.11. The molecule has 2 N–H and O–H groups in total. The first-order valence-electron chi connectivity index (χ1n) is 6.44. The Kier molecular flexibility index (Phi) is 3.55. The number of rotatable bonds is 2. The van der Waals surface area contributed by atoms with Crippen LogP contribution in [-0.2, 0) is 0 Å². The first-order chi connectivity index (χ1) is 10.1. The van der Waals surface area contributed by atoms with Gasteiger partial charge in [0.25, 0.3) is 0 Å². The van der Waals surface area contributed by atoms with Gasteiger partial charge in [0.05, 0.1) is 0 Å². The van der Waals surface area contributed by atoms with E-state index in [1.807, 2.05) is 18.2 Å². The van der Waals surface area contributed by atoms with Crippen molar-refractivity contribution in [3.05, 3.63) is 71.8 Å². The normalized spacial score (nSPS) is 10.5. The van der Waals surface area contributed by atoms with Crippen LogP contribution >= 0.6 is 11.6 Å². The van der Waals surface area contributed by atoms with Crippen LogP contribution in [0.1, 0.15) is 0 Å². The van der Waals surface area contributed by atoms with E-state index in [0.29, 0.717) is 21.7 Å². The molecule has 0 heterocycles. The molecule has 3 heteroatoms. The molecule has 0 aliphatic rings. The molecule has 21 heavy (non-hydrogen) atoms. The lowest BCUT2D eigenvalue weighted by Gasteiger charge is -2.10. The highest BCUT2D eigenvalue weighted by atomic mass is 35.5. The average Bonchev–Trinajstić information content (AvgIpc) is 2.47. The van der Waals surface area contributed by atoms with Gasteiger partial charge in [0.1, 0.15) is 11.5 Å². The molecule has 3 rings (SSSR count). The molecule has 0 spiro atoms. The first-order valence-corrected chi connectivity index (χ1v) is 6.82. The van der Waals surface area contributed by atoms with Gasteiger partial charge < -0.3 is 10.2 Å². The molecule has 0 bridgehead atoms. The fourth-order valence-electron chi connectivity index (χ4n) is 2.26. The van der Waals surface area contributed by atoms with Gasteiger partial charge in [-0.3, -0.25) is 0 Å². The minimum Gasteiger partial charge on any atom is -0.508 e. The molecule has 0 aliphatic carbocycles. The second kappa shape index (κ2) is 5.51. The van der Waals surface area contributed by atoms with E-state index in [1.54, 1.807) is 42.5 Å². The van der Waals surface area contributed by atoms with Crippen LogP contribution in [-0.4, -0.2) is 10.2 Å². The number of phenols is 2. The number of phenolic OH excluding ortho intramolecular Hbond substituents is 2. The maximum absolute atomic E-state index is 10.5. The summed E-state index contributed by atoms with van der Waals surface area (Å²) < 4.78 is 0. The van der Waals surface area contributed by atoms with Gasteiger partial charge in [0, 0.05) is 16.1 Å². The van der Waals surface area contributed by atoms with E-state index in [0.717, 1.165) is 5.56 Å². The minimum atomic E-state index is 0.116. The highest BCUT2D eigenvalue weighted by Crippen LogP contribution is 2.38. The molecule has 0 fully saturated rings. The molecule has 0 saturated carbocycles. The van der Waals surface area contributed by atoms with Crippen molar-refractivity contribution in [3.63, 3.8) is 0 Å². The van der Waals surface area contributed by atoms with Crippen molar-refractivity contribution in [2.45, 2.75) is 0 Å². The van der Waals surface area contributed by atoms with Crippen molar-refractivity contribution in [3.8, 4) is 33.8 Å². The fourth-order valence-corrected chi connectivity index (χ4v) is 2.45. The fraction of sp³-hybridized carbons (Fsp3) is 0. The first kappa shape index (κ1) is 13.5. The Morgan fingerprint density at radius 1 is 0.857 bits per heavy atom. The predicted molar refractivity (Wildman–Crippen MR) is 84.5 cm³/mol. The summed E-state index contributed by atoms with van der Waals surface area (Å²) >= 11 is 6.00. The third kappa shape index (κ3) is 2.71. The smallest absolute Gasteiger partial charge is 0.131 e. The molecule has 1 radical (unpaired) electrons. The van der Waals surface area contributed by atoms with Gasteiger partial charge in [-0.2, -0.15) is 0 Å². The summed E-state index contributed by atoms with van der Waals surface area (Å²) in [6.45, 7) is 0. The Balaban J connectivity index is 2.16. The molecule has 3 aromatic carbocycles. The van der Waals surface area contributed by atoms with E-state index < -0.39 is 0 Å².